The van der Waals surface area contributed by atoms with Crippen molar-refractivity contribution in [3.8, 4) is 0 Å². The Morgan fingerprint density at radius 1 is 1.35 bits per heavy atom. The van der Waals surface area contributed by atoms with Gasteiger partial charge in [-0.3, -0.25) is 0 Å². The summed E-state index contributed by atoms with van der Waals surface area (Å²) in [5.41, 5.74) is 2.06. The van der Waals surface area contributed by atoms with E-state index in [1.165, 1.54) is 35.4 Å². The van der Waals surface area contributed by atoms with Crippen molar-refractivity contribution in [1.29, 1.82) is 0 Å². The van der Waals surface area contributed by atoms with Crippen LogP contribution < -0.4 is 5.32 Å². The van der Waals surface area contributed by atoms with E-state index in [0.717, 1.165) is 31.4 Å². The Morgan fingerprint density at radius 2 is 2.09 bits per heavy atom. The molecule has 1 saturated carbocycles. The fourth-order valence-corrected chi connectivity index (χ4v) is 6.04. The average molecular weight is 336 g/mol. The van der Waals surface area contributed by atoms with Gasteiger partial charge in [0.15, 0.2) is 0 Å². The number of carboxylic acids is 1. The fourth-order valence-electron chi connectivity index (χ4n) is 4.50. The SMILES string of the molecule is CNC[C@@H]1CCCC[C@H]1c1sc2c(c1C(=O)O)CC(C)(C)CC2. The molecular weight excluding hydrogens is 306 g/mol. The van der Waals surface area contributed by atoms with Gasteiger partial charge in [-0.25, -0.2) is 4.79 Å². The third-order valence-corrected chi connectivity index (χ3v) is 7.15. The third-order valence-electron chi connectivity index (χ3n) is 5.73. The number of carboxylic acid groups (broad SMARTS) is 1. The van der Waals surface area contributed by atoms with Gasteiger partial charge in [-0.15, -0.1) is 11.3 Å². The van der Waals surface area contributed by atoms with Gasteiger partial charge < -0.3 is 10.4 Å². The van der Waals surface area contributed by atoms with Crippen molar-refractivity contribution < 1.29 is 9.90 Å². The van der Waals surface area contributed by atoms with E-state index in [4.69, 9.17) is 0 Å². The fraction of sp³-hybridized carbons (Fsp3) is 0.737. The zero-order chi connectivity index (χ0) is 16.6. The van der Waals surface area contributed by atoms with Gasteiger partial charge >= 0.3 is 5.97 Å². The van der Waals surface area contributed by atoms with Crippen molar-refractivity contribution >= 4 is 17.3 Å². The molecule has 3 nitrogen and oxygen atoms in total. The molecule has 0 radical (unpaired) electrons. The zero-order valence-electron chi connectivity index (χ0n) is 14.6. The van der Waals surface area contributed by atoms with Crippen molar-refractivity contribution in [2.45, 2.75) is 64.7 Å². The average Bonchev–Trinajstić information content (AvgIpc) is 2.85. The second-order valence-electron chi connectivity index (χ2n) is 8.10. The number of hydrogen-bond acceptors (Lipinski definition) is 3. The van der Waals surface area contributed by atoms with Crippen LogP contribution in [0.5, 0.6) is 0 Å². The minimum absolute atomic E-state index is 0.229. The predicted molar refractivity (Wildman–Crippen MR) is 95.7 cm³/mol. The first-order valence-corrected chi connectivity index (χ1v) is 9.77. The Balaban J connectivity index is 2.02. The van der Waals surface area contributed by atoms with Gasteiger partial charge in [-0.1, -0.05) is 26.7 Å². The van der Waals surface area contributed by atoms with Crippen LogP contribution >= 0.6 is 11.3 Å². The Morgan fingerprint density at radius 3 is 2.78 bits per heavy atom. The van der Waals surface area contributed by atoms with Crippen LogP contribution in [0, 0.1) is 11.3 Å². The van der Waals surface area contributed by atoms with Gasteiger partial charge in [-0.2, -0.15) is 0 Å². The summed E-state index contributed by atoms with van der Waals surface area (Å²) >= 11 is 1.82. The van der Waals surface area contributed by atoms with Crippen molar-refractivity contribution in [1.82, 2.24) is 5.32 Å². The molecule has 1 heterocycles. The van der Waals surface area contributed by atoms with Crippen LogP contribution in [0.15, 0.2) is 0 Å². The molecule has 2 aliphatic rings. The maximum Gasteiger partial charge on any atom is 0.337 e. The summed E-state index contributed by atoms with van der Waals surface area (Å²) in [5.74, 6) is 0.310. The molecular formula is C19H29NO2S. The first kappa shape index (κ1) is 17.0. The second kappa shape index (κ2) is 6.56. The molecule has 0 bridgehead atoms. The highest BCUT2D eigenvalue weighted by Crippen LogP contribution is 2.48. The lowest BCUT2D eigenvalue weighted by Crippen LogP contribution is -2.28. The Kier molecular flexibility index (Phi) is 4.84. The summed E-state index contributed by atoms with van der Waals surface area (Å²) in [4.78, 5) is 14.6. The third kappa shape index (κ3) is 3.34. The molecule has 1 aromatic rings. The highest BCUT2D eigenvalue weighted by atomic mass is 32.1. The monoisotopic (exact) mass is 335 g/mol. The number of aromatic carboxylic acids is 1. The molecule has 0 saturated heterocycles. The Bertz CT molecular complexity index is 588. The first-order valence-electron chi connectivity index (χ1n) is 8.95. The van der Waals surface area contributed by atoms with Gasteiger partial charge in [0.25, 0.3) is 0 Å². The molecule has 3 rings (SSSR count). The Hall–Kier alpha value is -0.870. The van der Waals surface area contributed by atoms with Crippen molar-refractivity contribution in [3.05, 3.63) is 20.9 Å². The molecule has 0 aliphatic heterocycles. The summed E-state index contributed by atoms with van der Waals surface area (Å²) in [6, 6.07) is 0. The number of nitrogens with one attached hydrogen (secondary N) is 1. The van der Waals surface area contributed by atoms with Crippen molar-refractivity contribution in [3.63, 3.8) is 0 Å². The number of fused-ring (bicyclic) bond motifs is 1. The molecule has 4 heteroatoms. The van der Waals surface area contributed by atoms with Gasteiger partial charge in [0.1, 0.15) is 0 Å². The normalized spacial score (nSPS) is 26.7. The standard InChI is InChI=1S/C19H29NO2S/c1-19(2)9-8-15-14(10-19)16(18(21)22)17(23-15)13-7-5-4-6-12(13)11-20-3/h12-13,20H,4-11H2,1-3H3,(H,21,22)/t12-,13+/m0/s1. The van der Waals surface area contributed by atoms with Gasteiger partial charge in [0, 0.05) is 9.75 Å². The lowest BCUT2D eigenvalue weighted by atomic mass is 9.74. The van der Waals surface area contributed by atoms with Gasteiger partial charge in [0.05, 0.1) is 5.56 Å². The van der Waals surface area contributed by atoms with Crippen LogP contribution in [0.4, 0.5) is 0 Å². The molecule has 0 amide bonds. The minimum atomic E-state index is -0.705. The van der Waals surface area contributed by atoms with Gasteiger partial charge in [0.2, 0.25) is 0 Å². The maximum atomic E-state index is 12.1. The quantitative estimate of drug-likeness (QED) is 0.854. The smallest absolute Gasteiger partial charge is 0.337 e. The number of aryl methyl sites for hydroxylation is 1. The highest BCUT2D eigenvalue weighted by Gasteiger charge is 2.37. The molecule has 2 aliphatic carbocycles. The second-order valence-corrected chi connectivity index (χ2v) is 9.23. The summed E-state index contributed by atoms with van der Waals surface area (Å²) in [6.45, 7) is 5.53. The van der Waals surface area contributed by atoms with Crippen LogP contribution in [-0.2, 0) is 12.8 Å². The van der Waals surface area contributed by atoms with Gasteiger partial charge in [-0.05, 0) is 68.5 Å². The minimum Gasteiger partial charge on any atom is -0.478 e. The van der Waals surface area contributed by atoms with E-state index in [2.05, 4.69) is 19.2 Å². The predicted octanol–water partition coefficient (Wildman–Crippen LogP) is 4.45. The first-order chi connectivity index (χ1) is 10.9. The van der Waals surface area contributed by atoms with Crippen LogP contribution in [0.1, 0.15) is 77.5 Å². The molecule has 1 fully saturated rings. The van der Waals surface area contributed by atoms with Crippen LogP contribution in [0.3, 0.4) is 0 Å². The number of rotatable bonds is 4. The largest absolute Gasteiger partial charge is 0.478 e. The molecule has 0 spiro atoms. The van der Waals surface area contributed by atoms with Crippen LogP contribution in [0.25, 0.3) is 0 Å². The molecule has 0 aromatic carbocycles. The van der Waals surface area contributed by atoms with E-state index >= 15 is 0 Å². The summed E-state index contributed by atoms with van der Waals surface area (Å²) in [5, 5.41) is 13.2. The Labute approximate surface area is 143 Å². The summed E-state index contributed by atoms with van der Waals surface area (Å²) in [7, 11) is 2.01. The molecule has 128 valence electrons. The van der Waals surface area contributed by atoms with Crippen LogP contribution in [-0.4, -0.2) is 24.7 Å². The maximum absolute atomic E-state index is 12.1. The summed E-state index contributed by atoms with van der Waals surface area (Å²) < 4.78 is 0. The molecule has 0 unspecified atom stereocenters. The molecule has 2 atom stereocenters. The van der Waals surface area contributed by atoms with E-state index in [1.807, 2.05) is 18.4 Å². The van der Waals surface area contributed by atoms with E-state index in [0.29, 0.717) is 17.4 Å². The molecule has 1 aromatic heterocycles. The van der Waals surface area contributed by atoms with E-state index < -0.39 is 5.97 Å². The van der Waals surface area contributed by atoms with Crippen molar-refractivity contribution in [2.75, 3.05) is 13.6 Å². The zero-order valence-corrected chi connectivity index (χ0v) is 15.4. The van der Waals surface area contributed by atoms with Crippen molar-refractivity contribution in [2.24, 2.45) is 11.3 Å². The number of carbonyl (C=O) groups is 1. The lowest BCUT2D eigenvalue weighted by Gasteiger charge is -2.31. The van der Waals surface area contributed by atoms with E-state index in [-0.39, 0.29) is 5.41 Å². The lowest BCUT2D eigenvalue weighted by molar-refractivity contribution is 0.0692. The molecule has 23 heavy (non-hydrogen) atoms. The number of thiophene rings is 1. The topological polar surface area (TPSA) is 49.3 Å². The summed E-state index contributed by atoms with van der Waals surface area (Å²) in [6.07, 6.45) is 8.03. The highest BCUT2D eigenvalue weighted by molar-refractivity contribution is 7.12. The van der Waals surface area contributed by atoms with E-state index in [9.17, 15) is 9.90 Å². The van der Waals surface area contributed by atoms with Crippen LogP contribution in [0.2, 0.25) is 0 Å². The van der Waals surface area contributed by atoms with E-state index in [1.54, 1.807) is 0 Å². The molecule has 2 N–H and O–H groups in total. The number of hydrogen-bond donors (Lipinski definition) is 2.